The molecule has 1 aliphatic heterocycles. The monoisotopic (exact) mass is 335 g/mol. The molecule has 2 heterocycles. The van der Waals surface area contributed by atoms with Gasteiger partial charge in [-0.05, 0) is 38.5 Å². The zero-order chi connectivity index (χ0) is 16.7. The van der Waals surface area contributed by atoms with Gasteiger partial charge in [-0.25, -0.2) is 4.98 Å². The number of aliphatic hydroxyl groups is 3. The van der Waals surface area contributed by atoms with Crippen molar-refractivity contribution < 1.29 is 20.1 Å². The Labute approximate surface area is 141 Å². The summed E-state index contributed by atoms with van der Waals surface area (Å²) in [5, 5.41) is 29.6. The fourth-order valence-electron chi connectivity index (χ4n) is 3.93. The summed E-state index contributed by atoms with van der Waals surface area (Å²) in [6.07, 6.45) is 2.65. The first-order valence-electron chi connectivity index (χ1n) is 8.99. The van der Waals surface area contributed by atoms with Gasteiger partial charge in [-0.3, -0.25) is 0 Å². The highest BCUT2D eigenvalue weighted by molar-refractivity contribution is 5.42. The highest BCUT2D eigenvalue weighted by atomic mass is 16.5. The molecule has 24 heavy (non-hydrogen) atoms. The van der Waals surface area contributed by atoms with Gasteiger partial charge in [0.2, 0.25) is 11.8 Å². The van der Waals surface area contributed by atoms with Crippen LogP contribution in [0.25, 0.3) is 0 Å². The molecule has 3 aliphatic rings. The van der Waals surface area contributed by atoms with Crippen LogP contribution in [-0.4, -0.2) is 62.8 Å². The molecule has 7 heteroatoms. The van der Waals surface area contributed by atoms with Gasteiger partial charge in [0.05, 0.1) is 11.8 Å². The average Bonchev–Trinajstić information content (AvgIpc) is 3.21. The number of anilines is 1. The van der Waals surface area contributed by atoms with Crippen molar-refractivity contribution in [1.29, 1.82) is 0 Å². The van der Waals surface area contributed by atoms with Crippen LogP contribution in [0.2, 0.25) is 0 Å². The highest BCUT2D eigenvalue weighted by Crippen LogP contribution is 2.33. The molecule has 2 aliphatic carbocycles. The van der Waals surface area contributed by atoms with E-state index in [1.54, 1.807) is 0 Å². The van der Waals surface area contributed by atoms with E-state index in [2.05, 4.69) is 9.88 Å². The highest BCUT2D eigenvalue weighted by Gasteiger charge is 2.42. The van der Waals surface area contributed by atoms with E-state index in [-0.39, 0.29) is 6.42 Å². The van der Waals surface area contributed by atoms with Gasteiger partial charge in [0, 0.05) is 25.1 Å². The summed E-state index contributed by atoms with van der Waals surface area (Å²) in [4.78, 5) is 11.6. The van der Waals surface area contributed by atoms with Crippen LogP contribution in [0.3, 0.4) is 0 Å². The number of ether oxygens (including phenoxy) is 1. The number of aliphatic hydroxyl groups excluding tert-OH is 3. The first-order chi connectivity index (χ1) is 11.6. The minimum Gasteiger partial charge on any atom is -0.471 e. The summed E-state index contributed by atoms with van der Waals surface area (Å²) in [7, 11) is 0. The molecule has 7 nitrogen and oxygen atoms in total. The van der Waals surface area contributed by atoms with Gasteiger partial charge in [-0.15, -0.1) is 0 Å². The smallest absolute Gasteiger partial charge is 0.228 e. The molecule has 4 atom stereocenters. The molecular weight excluding hydrogens is 310 g/mol. The fraction of sp³-hybridized carbons (Fsp3) is 0.765. The lowest BCUT2D eigenvalue weighted by Crippen LogP contribution is -2.35. The topological polar surface area (TPSA) is 98.9 Å². The quantitative estimate of drug-likeness (QED) is 0.725. The maximum Gasteiger partial charge on any atom is 0.228 e. The van der Waals surface area contributed by atoms with Gasteiger partial charge in [-0.2, -0.15) is 4.98 Å². The molecule has 1 saturated heterocycles. The Kier molecular flexibility index (Phi) is 4.32. The van der Waals surface area contributed by atoms with Crippen molar-refractivity contribution in [2.75, 3.05) is 18.0 Å². The summed E-state index contributed by atoms with van der Waals surface area (Å²) in [6.45, 7) is 1.92. The van der Waals surface area contributed by atoms with Crippen LogP contribution in [0.5, 0.6) is 5.88 Å². The lowest BCUT2D eigenvalue weighted by atomic mass is 9.97. The van der Waals surface area contributed by atoms with Crippen molar-refractivity contribution in [3.63, 3.8) is 0 Å². The minimum atomic E-state index is -1.16. The molecule has 1 aromatic rings. The van der Waals surface area contributed by atoms with E-state index < -0.39 is 24.4 Å². The average molecular weight is 335 g/mol. The van der Waals surface area contributed by atoms with Crippen LogP contribution in [-0.2, 0) is 12.8 Å². The zero-order valence-electron chi connectivity index (χ0n) is 13.8. The van der Waals surface area contributed by atoms with Crippen molar-refractivity contribution >= 4 is 5.95 Å². The molecule has 132 valence electrons. The normalized spacial score (nSPS) is 32.9. The predicted molar refractivity (Wildman–Crippen MR) is 87.2 cm³/mol. The summed E-state index contributed by atoms with van der Waals surface area (Å²) in [6, 6.07) is 0. The summed E-state index contributed by atoms with van der Waals surface area (Å²) < 4.78 is 5.98. The molecule has 2 fully saturated rings. The molecule has 0 spiro atoms. The Balaban J connectivity index is 1.64. The van der Waals surface area contributed by atoms with Crippen LogP contribution in [0.15, 0.2) is 0 Å². The molecule has 0 amide bonds. The molecule has 0 aromatic carbocycles. The van der Waals surface area contributed by atoms with Crippen LogP contribution in [0.4, 0.5) is 5.95 Å². The second kappa shape index (κ2) is 6.46. The van der Waals surface area contributed by atoms with Gasteiger partial charge in [-0.1, -0.05) is 0 Å². The van der Waals surface area contributed by atoms with Gasteiger partial charge in [0.1, 0.15) is 18.3 Å². The van der Waals surface area contributed by atoms with Crippen molar-refractivity contribution in [3.8, 4) is 5.88 Å². The van der Waals surface area contributed by atoms with Crippen LogP contribution < -0.4 is 9.64 Å². The van der Waals surface area contributed by atoms with E-state index in [1.807, 2.05) is 0 Å². The second-order valence-electron chi connectivity index (χ2n) is 7.10. The van der Waals surface area contributed by atoms with E-state index in [1.165, 1.54) is 0 Å². The Morgan fingerprint density at radius 2 is 1.67 bits per heavy atom. The van der Waals surface area contributed by atoms with Crippen LogP contribution >= 0.6 is 0 Å². The third-order valence-electron chi connectivity index (χ3n) is 5.38. The maximum atomic E-state index is 10.1. The summed E-state index contributed by atoms with van der Waals surface area (Å²) in [5.41, 5.74) is 2.06. The largest absolute Gasteiger partial charge is 0.471 e. The minimum absolute atomic E-state index is 0.208. The Hall–Kier alpha value is -1.44. The van der Waals surface area contributed by atoms with Crippen LogP contribution in [0, 0.1) is 0 Å². The maximum absolute atomic E-state index is 10.1. The van der Waals surface area contributed by atoms with Crippen LogP contribution in [0.1, 0.15) is 43.4 Å². The Morgan fingerprint density at radius 3 is 2.38 bits per heavy atom. The number of aromatic nitrogens is 2. The second-order valence-corrected chi connectivity index (χ2v) is 7.10. The van der Waals surface area contributed by atoms with Gasteiger partial charge in [0.15, 0.2) is 0 Å². The number of aryl methyl sites for hydroxylation is 1. The summed E-state index contributed by atoms with van der Waals surface area (Å²) in [5.74, 6) is 1.23. The zero-order valence-corrected chi connectivity index (χ0v) is 13.8. The first-order valence-corrected chi connectivity index (χ1v) is 8.99. The van der Waals surface area contributed by atoms with Crippen molar-refractivity contribution in [2.24, 2.45) is 0 Å². The Morgan fingerprint density at radius 1 is 0.917 bits per heavy atom. The first kappa shape index (κ1) is 16.1. The van der Waals surface area contributed by atoms with Crippen molar-refractivity contribution in [3.05, 3.63) is 11.3 Å². The predicted octanol–water partition coefficient (Wildman–Crippen LogP) is 0.189. The molecule has 1 saturated carbocycles. The standard InChI is InChI=1S/C17H25N3O4/c21-12-9-13(15(23)14(12)22)24-16-10-5-1-2-6-11(10)18-17(19-16)20-7-3-4-8-20/h12-15,21-23H,1-9H2/t12-,13+,14+,15-/m1/s1. The number of nitrogens with zero attached hydrogens (tertiary/aromatic N) is 3. The molecule has 0 radical (unpaired) electrons. The molecule has 0 unspecified atom stereocenters. The summed E-state index contributed by atoms with van der Waals surface area (Å²) >= 11 is 0. The van der Waals surface area contributed by atoms with E-state index in [4.69, 9.17) is 9.72 Å². The van der Waals surface area contributed by atoms with Gasteiger partial charge < -0.3 is 25.0 Å². The van der Waals surface area contributed by atoms with Gasteiger partial charge in [0.25, 0.3) is 0 Å². The lowest BCUT2D eigenvalue weighted by Gasteiger charge is -2.25. The van der Waals surface area contributed by atoms with E-state index in [0.717, 1.165) is 62.9 Å². The number of fused-ring (bicyclic) bond motifs is 1. The van der Waals surface area contributed by atoms with Gasteiger partial charge >= 0.3 is 0 Å². The Bertz CT molecular complexity index is 606. The number of hydrogen-bond donors (Lipinski definition) is 3. The third kappa shape index (κ3) is 2.85. The number of hydrogen-bond acceptors (Lipinski definition) is 7. The fourth-order valence-corrected chi connectivity index (χ4v) is 3.93. The molecule has 0 bridgehead atoms. The van der Waals surface area contributed by atoms with Crippen molar-refractivity contribution in [2.45, 2.75) is 69.4 Å². The SMILES string of the molecule is O[C@@H]1[C@H](O)[C@@H](Oc2nc(N3CCCC3)nc3c2CCCC3)C[C@H]1O. The number of rotatable bonds is 3. The van der Waals surface area contributed by atoms with Crippen molar-refractivity contribution in [1.82, 2.24) is 9.97 Å². The van der Waals surface area contributed by atoms with E-state index in [9.17, 15) is 15.3 Å². The third-order valence-corrected chi connectivity index (χ3v) is 5.38. The molecule has 1 aromatic heterocycles. The molecule has 3 N–H and O–H groups in total. The van der Waals surface area contributed by atoms with E-state index in [0.29, 0.717) is 11.8 Å². The molecule has 4 rings (SSSR count). The lowest BCUT2D eigenvalue weighted by molar-refractivity contribution is -0.0374. The molecular formula is C17H25N3O4. The van der Waals surface area contributed by atoms with E-state index >= 15 is 0 Å².